The fourth-order valence-electron chi connectivity index (χ4n) is 3.93. The van der Waals surface area contributed by atoms with E-state index in [2.05, 4.69) is 34.2 Å². The second-order valence-corrected chi connectivity index (χ2v) is 8.42. The van der Waals surface area contributed by atoms with Crippen molar-refractivity contribution >= 4 is 28.2 Å². The lowest BCUT2D eigenvalue weighted by Gasteiger charge is -2.31. The molecule has 7 heteroatoms. The first-order valence-corrected chi connectivity index (χ1v) is 10.8. The highest BCUT2D eigenvalue weighted by molar-refractivity contribution is 7.80. The molecule has 1 saturated carbocycles. The highest BCUT2D eigenvalue weighted by Gasteiger charge is 2.25. The second-order valence-electron chi connectivity index (χ2n) is 8.03. The Morgan fingerprint density at radius 2 is 2.03 bits per heavy atom. The smallest absolute Gasteiger partial charge is 0.253 e. The van der Waals surface area contributed by atoms with Crippen molar-refractivity contribution in [2.75, 3.05) is 34.3 Å². The average molecular weight is 417 g/mol. The Balaban J connectivity index is 1.78. The molecule has 6 nitrogen and oxygen atoms in total. The van der Waals surface area contributed by atoms with Gasteiger partial charge in [0.15, 0.2) is 5.11 Å². The third-order valence-electron chi connectivity index (χ3n) is 5.55. The minimum absolute atomic E-state index is 0.0546. The normalized spacial score (nSPS) is 14.5. The third-order valence-corrected chi connectivity index (χ3v) is 5.93. The van der Waals surface area contributed by atoms with Crippen molar-refractivity contribution < 1.29 is 4.74 Å². The number of pyridine rings is 1. The monoisotopic (exact) mass is 416 g/mol. The molecule has 0 bridgehead atoms. The quantitative estimate of drug-likeness (QED) is 0.509. The van der Waals surface area contributed by atoms with Crippen LogP contribution in [0.4, 0.5) is 0 Å². The van der Waals surface area contributed by atoms with Crippen LogP contribution in [0, 0.1) is 0 Å². The summed E-state index contributed by atoms with van der Waals surface area (Å²) in [7, 11) is 5.80. The van der Waals surface area contributed by atoms with Gasteiger partial charge in [-0.2, -0.15) is 0 Å². The topological polar surface area (TPSA) is 60.6 Å². The van der Waals surface area contributed by atoms with Crippen molar-refractivity contribution in [2.45, 2.75) is 44.7 Å². The number of hydrogen-bond donors (Lipinski definition) is 2. The van der Waals surface area contributed by atoms with Gasteiger partial charge in [0.05, 0.1) is 13.7 Å². The van der Waals surface area contributed by atoms with Crippen LogP contribution in [0.2, 0.25) is 0 Å². The maximum absolute atomic E-state index is 12.7. The molecule has 1 aliphatic carbocycles. The fraction of sp³-hybridized carbons (Fsp3) is 0.545. The van der Waals surface area contributed by atoms with Crippen molar-refractivity contribution in [3.8, 4) is 5.75 Å². The number of H-pyrrole nitrogens is 1. The van der Waals surface area contributed by atoms with Crippen LogP contribution in [0.25, 0.3) is 10.9 Å². The summed E-state index contributed by atoms with van der Waals surface area (Å²) in [6, 6.07) is 8.05. The van der Waals surface area contributed by atoms with E-state index in [1.807, 2.05) is 24.3 Å². The molecule has 2 aromatic rings. The SMILES string of the molecule is COc1ccc2[nH]c(=O)c(CN(C(=S)NCCCN(C)C)C3CCCC3)cc2c1. The summed E-state index contributed by atoms with van der Waals surface area (Å²) < 4.78 is 5.33. The van der Waals surface area contributed by atoms with E-state index in [0.29, 0.717) is 12.6 Å². The van der Waals surface area contributed by atoms with Gasteiger partial charge in [-0.1, -0.05) is 12.8 Å². The molecule has 0 spiro atoms. The van der Waals surface area contributed by atoms with Crippen LogP contribution in [-0.4, -0.2) is 60.2 Å². The summed E-state index contributed by atoms with van der Waals surface area (Å²) in [5, 5.41) is 5.13. The first-order chi connectivity index (χ1) is 14.0. The van der Waals surface area contributed by atoms with Gasteiger partial charge >= 0.3 is 0 Å². The maximum Gasteiger partial charge on any atom is 0.253 e. The average Bonchev–Trinajstić information content (AvgIpc) is 3.23. The number of ether oxygens (including phenoxy) is 1. The van der Waals surface area contributed by atoms with E-state index in [-0.39, 0.29) is 5.56 Å². The first kappa shape index (κ1) is 21.6. The zero-order chi connectivity index (χ0) is 20.8. The Morgan fingerprint density at radius 1 is 1.28 bits per heavy atom. The minimum atomic E-state index is -0.0546. The third kappa shape index (κ3) is 5.70. The predicted octanol–water partition coefficient (Wildman–Crippen LogP) is 3.11. The molecule has 29 heavy (non-hydrogen) atoms. The van der Waals surface area contributed by atoms with Crippen molar-refractivity contribution in [2.24, 2.45) is 0 Å². The van der Waals surface area contributed by atoms with Crippen molar-refractivity contribution in [1.82, 2.24) is 20.1 Å². The molecule has 0 radical (unpaired) electrons. The highest BCUT2D eigenvalue weighted by Crippen LogP contribution is 2.25. The van der Waals surface area contributed by atoms with Crippen LogP contribution >= 0.6 is 12.2 Å². The molecule has 3 rings (SSSR count). The molecule has 0 unspecified atom stereocenters. The lowest BCUT2D eigenvalue weighted by molar-refractivity contribution is 0.301. The number of aromatic nitrogens is 1. The number of rotatable bonds is 8. The fourth-order valence-corrected chi connectivity index (χ4v) is 4.25. The lowest BCUT2D eigenvalue weighted by Crippen LogP contribution is -2.45. The molecule has 1 fully saturated rings. The Bertz CT molecular complexity index is 890. The summed E-state index contributed by atoms with van der Waals surface area (Å²) in [6.07, 6.45) is 5.71. The molecule has 0 saturated heterocycles. The minimum Gasteiger partial charge on any atom is -0.497 e. The number of hydrogen-bond acceptors (Lipinski definition) is 4. The Hall–Kier alpha value is -2.12. The Morgan fingerprint density at radius 3 is 2.72 bits per heavy atom. The molecule has 1 heterocycles. The summed E-state index contributed by atoms with van der Waals surface area (Å²) in [6.45, 7) is 2.38. The number of nitrogens with zero attached hydrogens (tertiary/aromatic N) is 2. The molecule has 0 aliphatic heterocycles. The summed E-state index contributed by atoms with van der Waals surface area (Å²) in [5.74, 6) is 0.779. The van der Waals surface area contributed by atoms with E-state index in [1.165, 1.54) is 12.8 Å². The molecule has 0 amide bonds. The summed E-state index contributed by atoms with van der Waals surface area (Å²) in [4.78, 5) is 20.1. The van der Waals surface area contributed by atoms with Crippen LogP contribution in [0.1, 0.15) is 37.7 Å². The molecule has 1 aromatic heterocycles. The van der Waals surface area contributed by atoms with Crippen LogP contribution in [-0.2, 0) is 6.54 Å². The van der Waals surface area contributed by atoms with E-state index in [0.717, 1.165) is 59.7 Å². The van der Waals surface area contributed by atoms with Gasteiger partial charge in [0, 0.05) is 29.1 Å². The zero-order valence-corrected chi connectivity index (χ0v) is 18.5. The van der Waals surface area contributed by atoms with Crippen molar-refractivity contribution in [3.05, 3.63) is 40.2 Å². The van der Waals surface area contributed by atoms with E-state index in [9.17, 15) is 4.79 Å². The van der Waals surface area contributed by atoms with Gasteiger partial charge in [0.2, 0.25) is 0 Å². The van der Waals surface area contributed by atoms with E-state index in [1.54, 1.807) is 7.11 Å². The molecule has 1 aliphatic rings. The lowest BCUT2D eigenvalue weighted by atomic mass is 10.1. The van der Waals surface area contributed by atoms with Gasteiger partial charge in [0.25, 0.3) is 5.56 Å². The van der Waals surface area contributed by atoms with Crippen LogP contribution in [0.15, 0.2) is 29.1 Å². The first-order valence-electron chi connectivity index (χ1n) is 10.4. The number of methoxy groups -OCH3 is 1. The summed E-state index contributed by atoms with van der Waals surface area (Å²) in [5.41, 5.74) is 1.49. The van der Waals surface area contributed by atoms with Gasteiger partial charge in [-0.05, 0) is 76.4 Å². The number of thiocarbonyl (C=S) groups is 1. The zero-order valence-electron chi connectivity index (χ0n) is 17.7. The van der Waals surface area contributed by atoms with Gasteiger partial charge in [-0.25, -0.2) is 0 Å². The number of nitrogens with one attached hydrogen (secondary N) is 2. The Kier molecular flexibility index (Phi) is 7.50. The van der Waals surface area contributed by atoms with Gasteiger partial charge in [-0.3, -0.25) is 4.79 Å². The van der Waals surface area contributed by atoms with Crippen LogP contribution < -0.4 is 15.6 Å². The molecular formula is C22H32N4O2S. The van der Waals surface area contributed by atoms with Crippen LogP contribution in [0.5, 0.6) is 5.75 Å². The Labute approximate surface area is 178 Å². The number of aromatic amines is 1. The molecule has 1 aromatic carbocycles. The van der Waals surface area contributed by atoms with Crippen LogP contribution in [0.3, 0.4) is 0 Å². The maximum atomic E-state index is 12.7. The largest absolute Gasteiger partial charge is 0.497 e. The molecular weight excluding hydrogens is 384 g/mol. The number of benzene rings is 1. The highest BCUT2D eigenvalue weighted by atomic mass is 32.1. The molecule has 2 N–H and O–H groups in total. The molecule has 158 valence electrons. The van der Waals surface area contributed by atoms with Gasteiger partial charge in [-0.15, -0.1) is 0 Å². The second kappa shape index (κ2) is 10.1. The van der Waals surface area contributed by atoms with Gasteiger partial charge < -0.3 is 24.8 Å². The van der Waals surface area contributed by atoms with E-state index < -0.39 is 0 Å². The number of fused-ring (bicyclic) bond motifs is 1. The molecule has 0 atom stereocenters. The van der Waals surface area contributed by atoms with Gasteiger partial charge in [0.1, 0.15) is 5.75 Å². The summed E-state index contributed by atoms with van der Waals surface area (Å²) >= 11 is 5.74. The van der Waals surface area contributed by atoms with E-state index >= 15 is 0 Å². The van der Waals surface area contributed by atoms with E-state index in [4.69, 9.17) is 17.0 Å². The van der Waals surface area contributed by atoms with Crippen molar-refractivity contribution in [1.29, 1.82) is 0 Å². The van der Waals surface area contributed by atoms with Crippen molar-refractivity contribution in [3.63, 3.8) is 0 Å². The standard InChI is InChI=1S/C22H32N4O2S/c1-25(2)12-6-11-23-22(29)26(18-7-4-5-8-18)15-17-13-16-14-19(28-3)9-10-20(16)24-21(17)27/h9-10,13-14,18H,4-8,11-12,15H2,1-3H3,(H,23,29)(H,24,27). The predicted molar refractivity (Wildman–Crippen MR) is 123 cm³/mol.